The second-order valence-electron chi connectivity index (χ2n) is 8.12. The second-order valence-corrected chi connectivity index (χ2v) is 10.3. The average molecular weight is 484 g/mol. The van der Waals surface area contributed by atoms with E-state index in [9.17, 15) is 9.59 Å². The van der Waals surface area contributed by atoms with E-state index in [2.05, 4.69) is 11.6 Å². The van der Waals surface area contributed by atoms with E-state index in [0.29, 0.717) is 36.8 Å². The molecule has 2 aromatic heterocycles. The molecule has 0 radical (unpaired) electrons. The van der Waals surface area contributed by atoms with E-state index in [1.807, 2.05) is 24.3 Å². The molecule has 0 spiro atoms. The minimum absolute atomic E-state index is 0.0253. The number of hydrogen-bond donors (Lipinski definition) is 1. The van der Waals surface area contributed by atoms with Crippen molar-refractivity contribution >= 4 is 39.2 Å². The van der Waals surface area contributed by atoms with Gasteiger partial charge in [0.2, 0.25) is 5.91 Å². The number of carbonyl (C=O) groups is 1. The van der Waals surface area contributed by atoms with Gasteiger partial charge in [0, 0.05) is 30.1 Å². The summed E-state index contributed by atoms with van der Waals surface area (Å²) in [6.07, 6.45) is 6.54. The van der Waals surface area contributed by atoms with Gasteiger partial charge in [0.1, 0.15) is 16.4 Å². The largest absolute Gasteiger partial charge is 0.497 e. The highest BCUT2D eigenvalue weighted by Gasteiger charge is 2.20. The van der Waals surface area contributed by atoms with E-state index >= 15 is 0 Å². The molecule has 1 aliphatic carbocycles. The summed E-state index contributed by atoms with van der Waals surface area (Å²) in [7, 11) is 1.64. The van der Waals surface area contributed by atoms with E-state index in [-0.39, 0.29) is 11.5 Å². The number of benzene rings is 1. The fourth-order valence-electron chi connectivity index (χ4n) is 4.12. The number of nitrogens with one attached hydrogen (secondary N) is 1. The minimum atomic E-state index is -0.0253. The molecule has 3 aromatic rings. The van der Waals surface area contributed by atoms with Crippen molar-refractivity contribution in [1.82, 2.24) is 14.9 Å². The van der Waals surface area contributed by atoms with Crippen LogP contribution in [-0.2, 0) is 29.9 Å². The van der Waals surface area contributed by atoms with E-state index < -0.39 is 0 Å². The van der Waals surface area contributed by atoms with Crippen molar-refractivity contribution < 1.29 is 9.53 Å². The zero-order chi connectivity index (χ0) is 23.2. The molecule has 8 heteroatoms. The van der Waals surface area contributed by atoms with Crippen LogP contribution in [0.2, 0.25) is 0 Å². The summed E-state index contributed by atoms with van der Waals surface area (Å²) in [6.45, 7) is 4.82. The van der Waals surface area contributed by atoms with Gasteiger partial charge >= 0.3 is 0 Å². The Kier molecular flexibility index (Phi) is 7.88. The van der Waals surface area contributed by atoms with Crippen LogP contribution in [0, 0.1) is 0 Å². The van der Waals surface area contributed by atoms with E-state index in [4.69, 9.17) is 9.72 Å². The fourth-order valence-corrected chi connectivity index (χ4v) is 6.20. The van der Waals surface area contributed by atoms with Crippen LogP contribution >= 0.6 is 23.1 Å². The lowest BCUT2D eigenvalue weighted by atomic mass is 9.97. The molecular weight excluding hydrogens is 454 g/mol. The maximum absolute atomic E-state index is 12.8. The van der Waals surface area contributed by atoms with Crippen LogP contribution in [0.4, 0.5) is 0 Å². The Hall–Kier alpha value is -2.58. The zero-order valence-corrected chi connectivity index (χ0v) is 20.5. The van der Waals surface area contributed by atoms with Crippen LogP contribution in [0.5, 0.6) is 5.75 Å². The standard InChI is InChI=1S/C25H29N3O3S2/c1-3-13-28(15-17-8-10-18(31-2)11-9-17)22(29)12-14-32-16-21-26-24(30)23-19-6-4-5-7-20(19)33-25(23)27-21/h3,8-11H,1,4-7,12-16H2,2H3,(H,26,27,30). The summed E-state index contributed by atoms with van der Waals surface area (Å²) in [6, 6.07) is 7.74. The van der Waals surface area contributed by atoms with Crippen molar-refractivity contribution in [3.05, 3.63) is 69.1 Å². The number of ether oxygens (including phenoxy) is 1. The highest BCUT2D eigenvalue weighted by Crippen LogP contribution is 2.33. The van der Waals surface area contributed by atoms with Gasteiger partial charge in [0.15, 0.2) is 0 Å². The van der Waals surface area contributed by atoms with E-state index in [1.165, 1.54) is 16.9 Å². The molecular formula is C25H29N3O3S2. The number of aromatic amines is 1. The number of thioether (sulfide) groups is 1. The third-order valence-corrected chi connectivity index (χ3v) is 7.96. The number of aromatic nitrogens is 2. The van der Waals surface area contributed by atoms with Crippen molar-refractivity contribution in [3.63, 3.8) is 0 Å². The summed E-state index contributed by atoms with van der Waals surface area (Å²) >= 11 is 3.28. The molecule has 0 unspecified atom stereocenters. The summed E-state index contributed by atoms with van der Waals surface area (Å²) in [5.41, 5.74) is 2.23. The molecule has 2 heterocycles. The Balaban J connectivity index is 1.32. The normalized spacial score (nSPS) is 13.0. The number of methoxy groups -OCH3 is 1. The Morgan fingerprint density at radius 1 is 1.30 bits per heavy atom. The molecule has 0 saturated carbocycles. The number of thiophene rings is 1. The van der Waals surface area contributed by atoms with Gasteiger partial charge < -0.3 is 14.6 Å². The molecule has 1 N–H and O–H groups in total. The van der Waals surface area contributed by atoms with Gasteiger partial charge in [0.25, 0.3) is 5.56 Å². The van der Waals surface area contributed by atoms with Crippen LogP contribution in [0.15, 0.2) is 41.7 Å². The molecule has 0 bridgehead atoms. The topological polar surface area (TPSA) is 75.3 Å². The maximum Gasteiger partial charge on any atom is 0.259 e. The molecule has 6 nitrogen and oxygen atoms in total. The SMILES string of the molecule is C=CCN(Cc1ccc(OC)cc1)C(=O)CCSCc1nc2sc3c(c2c(=O)[nH]1)CCCC3. The lowest BCUT2D eigenvalue weighted by Crippen LogP contribution is -2.30. The molecule has 0 aliphatic heterocycles. The molecule has 0 saturated heterocycles. The van der Waals surface area contributed by atoms with Crippen molar-refractivity contribution in [1.29, 1.82) is 0 Å². The average Bonchev–Trinajstić information content (AvgIpc) is 3.21. The summed E-state index contributed by atoms with van der Waals surface area (Å²) in [5, 5.41) is 0.789. The van der Waals surface area contributed by atoms with Crippen molar-refractivity contribution in [3.8, 4) is 5.75 Å². The minimum Gasteiger partial charge on any atom is -0.497 e. The van der Waals surface area contributed by atoms with Crippen molar-refractivity contribution in [2.45, 2.75) is 44.4 Å². The predicted molar refractivity (Wildman–Crippen MR) is 136 cm³/mol. The molecule has 33 heavy (non-hydrogen) atoms. The van der Waals surface area contributed by atoms with Crippen LogP contribution in [-0.4, -0.2) is 40.2 Å². The van der Waals surface area contributed by atoms with Crippen molar-refractivity contribution in [2.24, 2.45) is 0 Å². The Morgan fingerprint density at radius 3 is 2.85 bits per heavy atom. The zero-order valence-electron chi connectivity index (χ0n) is 18.9. The molecule has 0 fully saturated rings. The number of H-pyrrole nitrogens is 1. The Morgan fingerprint density at radius 2 is 2.09 bits per heavy atom. The summed E-state index contributed by atoms with van der Waals surface area (Å²) in [4.78, 5) is 37.1. The summed E-state index contributed by atoms with van der Waals surface area (Å²) < 4.78 is 5.20. The Labute approximate surface area is 202 Å². The van der Waals surface area contributed by atoms with Crippen molar-refractivity contribution in [2.75, 3.05) is 19.4 Å². The van der Waals surface area contributed by atoms with Gasteiger partial charge in [-0.05, 0) is 48.9 Å². The predicted octanol–water partition coefficient (Wildman–Crippen LogP) is 4.71. The second kappa shape index (κ2) is 11.0. The van der Waals surface area contributed by atoms with Gasteiger partial charge in [0.05, 0.1) is 18.2 Å². The number of nitrogens with zero attached hydrogens (tertiary/aromatic N) is 2. The maximum atomic E-state index is 12.8. The van der Waals surface area contributed by atoms with Crippen LogP contribution in [0.3, 0.4) is 0 Å². The van der Waals surface area contributed by atoms with Crippen LogP contribution < -0.4 is 10.3 Å². The van der Waals surface area contributed by atoms with Gasteiger partial charge in [-0.25, -0.2) is 4.98 Å². The number of rotatable bonds is 10. The van der Waals surface area contributed by atoms with E-state index in [0.717, 1.165) is 40.8 Å². The van der Waals surface area contributed by atoms with Crippen LogP contribution in [0.25, 0.3) is 10.2 Å². The first-order valence-corrected chi connectivity index (χ1v) is 13.2. The summed E-state index contributed by atoms with van der Waals surface area (Å²) in [5.74, 6) is 2.81. The molecule has 174 valence electrons. The third-order valence-electron chi connectivity index (χ3n) is 5.81. The number of carbonyl (C=O) groups excluding carboxylic acids is 1. The Bertz CT molecular complexity index is 1180. The lowest BCUT2D eigenvalue weighted by molar-refractivity contribution is -0.130. The van der Waals surface area contributed by atoms with Crippen LogP contribution in [0.1, 0.15) is 41.1 Å². The van der Waals surface area contributed by atoms with Gasteiger partial charge in [-0.1, -0.05) is 18.2 Å². The highest BCUT2D eigenvalue weighted by atomic mass is 32.2. The molecule has 0 atom stereocenters. The van der Waals surface area contributed by atoms with Gasteiger partial charge in [-0.2, -0.15) is 11.8 Å². The molecule has 1 amide bonds. The highest BCUT2D eigenvalue weighted by molar-refractivity contribution is 7.98. The monoisotopic (exact) mass is 483 g/mol. The first-order valence-electron chi connectivity index (χ1n) is 11.2. The molecule has 4 rings (SSSR count). The number of hydrogen-bond acceptors (Lipinski definition) is 6. The first kappa shape index (κ1) is 23.6. The molecule has 1 aliphatic rings. The number of fused-ring (bicyclic) bond motifs is 3. The smallest absolute Gasteiger partial charge is 0.259 e. The van der Waals surface area contributed by atoms with Gasteiger partial charge in [-0.15, -0.1) is 17.9 Å². The third kappa shape index (κ3) is 5.68. The quantitative estimate of drug-likeness (QED) is 0.334. The molecule has 1 aromatic carbocycles. The number of aryl methyl sites for hydroxylation is 2. The van der Waals surface area contributed by atoms with Gasteiger partial charge in [-0.3, -0.25) is 9.59 Å². The number of amides is 1. The lowest BCUT2D eigenvalue weighted by Gasteiger charge is -2.21. The fraction of sp³-hybridized carbons (Fsp3) is 0.400. The first-order chi connectivity index (χ1) is 16.1. The van der Waals surface area contributed by atoms with E-state index in [1.54, 1.807) is 41.2 Å².